The maximum Gasteiger partial charge on any atom is 0.342 e. The van der Waals surface area contributed by atoms with Crippen LogP contribution in [-0.4, -0.2) is 41.5 Å². The minimum atomic E-state index is -0.796. The van der Waals surface area contributed by atoms with Gasteiger partial charge in [-0.25, -0.2) is 4.79 Å². The zero-order chi connectivity index (χ0) is 19.2. The number of ketones is 2. The van der Waals surface area contributed by atoms with Crippen LogP contribution in [0.25, 0.3) is 0 Å². The molecule has 0 heterocycles. The normalized spacial score (nSPS) is 12.4. The van der Waals surface area contributed by atoms with E-state index in [1.807, 2.05) is 0 Å². The molecule has 0 aromatic heterocycles. The Bertz CT molecular complexity index is 973. The van der Waals surface area contributed by atoms with Crippen molar-refractivity contribution in [1.29, 1.82) is 0 Å². The Kier molecular flexibility index (Phi) is 4.15. The number of aryl methyl sites for hydroxylation is 1. The van der Waals surface area contributed by atoms with E-state index in [1.165, 1.54) is 32.2 Å². The van der Waals surface area contributed by atoms with Crippen molar-refractivity contribution in [2.24, 2.45) is 0 Å². The molecule has 0 saturated carbocycles. The quantitative estimate of drug-likeness (QED) is 0.693. The molecule has 0 aliphatic heterocycles. The SMILES string of the molecule is CCOC(=O)c1c(C)cc2c(c1O)C(=O)c1c(O)cc(OC)cc1C2=O. The number of fused-ring (bicyclic) bond motifs is 2. The first-order valence-electron chi connectivity index (χ1n) is 7.85. The van der Waals surface area contributed by atoms with E-state index >= 15 is 0 Å². The molecule has 26 heavy (non-hydrogen) atoms. The highest BCUT2D eigenvalue weighted by atomic mass is 16.5. The average molecular weight is 356 g/mol. The molecule has 134 valence electrons. The summed E-state index contributed by atoms with van der Waals surface area (Å²) in [6.45, 7) is 3.23. The van der Waals surface area contributed by atoms with Gasteiger partial charge in [-0.15, -0.1) is 0 Å². The number of benzene rings is 2. The lowest BCUT2D eigenvalue weighted by Gasteiger charge is -2.22. The van der Waals surface area contributed by atoms with Gasteiger partial charge in [0.05, 0.1) is 24.8 Å². The second kappa shape index (κ2) is 6.18. The minimum absolute atomic E-state index is 0.0259. The van der Waals surface area contributed by atoms with Crippen molar-refractivity contribution in [3.63, 3.8) is 0 Å². The zero-order valence-electron chi connectivity index (χ0n) is 14.4. The van der Waals surface area contributed by atoms with Crippen LogP contribution < -0.4 is 4.74 Å². The van der Waals surface area contributed by atoms with Gasteiger partial charge >= 0.3 is 5.97 Å². The van der Waals surface area contributed by atoms with Gasteiger partial charge in [0.1, 0.15) is 22.8 Å². The molecular formula is C19H16O7. The molecule has 0 fully saturated rings. The topological polar surface area (TPSA) is 110 Å². The van der Waals surface area contributed by atoms with Crippen LogP contribution in [-0.2, 0) is 4.74 Å². The van der Waals surface area contributed by atoms with E-state index in [-0.39, 0.29) is 40.2 Å². The highest BCUT2D eigenvalue weighted by molar-refractivity contribution is 6.31. The summed E-state index contributed by atoms with van der Waals surface area (Å²) in [6.07, 6.45) is 0. The molecule has 1 aliphatic carbocycles. The third-order valence-corrected chi connectivity index (χ3v) is 4.25. The third kappa shape index (κ3) is 2.40. The van der Waals surface area contributed by atoms with Crippen molar-refractivity contribution in [2.75, 3.05) is 13.7 Å². The van der Waals surface area contributed by atoms with Crippen molar-refractivity contribution >= 4 is 17.5 Å². The van der Waals surface area contributed by atoms with Gasteiger partial charge in [-0.1, -0.05) is 0 Å². The smallest absolute Gasteiger partial charge is 0.342 e. The van der Waals surface area contributed by atoms with E-state index in [2.05, 4.69) is 0 Å². The predicted molar refractivity (Wildman–Crippen MR) is 90.3 cm³/mol. The first-order chi connectivity index (χ1) is 12.3. The molecule has 2 aromatic carbocycles. The Morgan fingerprint density at radius 3 is 2.31 bits per heavy atom. The molecule has 2 aromatic rings. The van der Waals surface area contributed by atoms with Gasteiger partial charge in [0.2, 0.25) is 5.78 Å². The molecular weight excluding hydrogens is 340 g/mol. The predicted octanol–water partition coefficient (Wildman–Crippen LogP) is 2.37. The lowest BCUT2D eigenvalue weighted by atomic mass is 9.81. The van der Waals surface area contributed by atoms with Crippen molar-refractivity contribution in [1.82, 2.24) is 0 Å². The van der Waals surface area contributed by atoms with Crippen LogP contribution in [0.2, 0.25) is 0 Å². The van der Waals surface area contributed by atoms with Crippen molar-refractivity contribution in [3.05, 3.63) is 51.6 Å². The van der Waals surface area contributed by atoms with Gasteiger partial charge in [0.25, 0.3) is 0 Å². The Labute approximate surface area is 148 Å². The van der Waals surface area contributed by atoms with Crippen LogP contribution >= 0.6 is 0 Å². The minimum Gasteiger partial charge on any atom is -0.507 e. The molecule has 0 unspecified atom stereocenters. The van der Waals surface area contributed by atoms with Crippen LogP contribution in [0.1, 0.15) is 54.7 Å². The van der Waals surface area contributed by atoms with Crippen LogP contribution in [0.3, 0.4) is 0 Å². The molecule has 0 spiro atoms. The summed E-state index contributed by atoms with van der Waals surface area (Å²) in [5.41, 5.74) is -0.506. The second-order valence-corrected chi connectivity index (χ2v) is 5.79. The fraction of sp³-hybridized carbons (Fsp3) is 0.211. The Morgan fingerprint density at radius 2 is 1.69 bits per heavy atom. The number of aromatic hydroxyl groups is 2. The zero-order valence-corrected chi connectivity index (χ0v) is 14.4. The van der Waals surface area contributed by atoms with Crippen molar-refractivity contribution in [2.45, 2.75) is 13.8 Å². The van der Waals surface area contributed by atoms with Gasteiger partial charge in [0.15, 0.2) is 5.78 Å². The first kappa shape index (κ1) is 17.5. The van der Waals surface area contributed by atoms with E-state index in [4.69, 9.17) is 9.47 Å². The second-order valence-electron chi connectivity index (χ2n) is 5.79. The van der Waals surface area contributed by atoms with E-state index in [9.17, 15) is 24.6 Å². The van der Waals surface area contributed by atoms with E-state index in [1.54, 1.807) is 6.92 Å². The van der Waals surface area contributed by atoms with Gasteiger partial charge < -0.3 is 19.7 Å². The Hall–Kier alpha value is -3.35. The summed E-state index contributed by atoms with van der Waals surface area (Å²) < 4.78 is 9.93. The molecule has 0 radical (unpaired) electrons. The molecule has 3 rings (SSSR count). The number of esters is 1. The lowest BCUT2D eigenvalue weighted by Crippen LogP contribution is -2.23. The largest absolute Gasteiger partial charge is 0.507 e. The number of ether oxygens (including phenoxy) is 2. The molecule has 1 aliphatic rings. The van der Waals surface area contributed by atoms with E-state index in [0.29, 0.717) is 5.56 Å². The molecule has 0 bridgehead atoms. The summed E-state index contributed by atoms with van der Waals surface area (Å²) in [4.78, 5) is 37.8. The summed E-state index contributed by atoms with van der Waals surface area (Å²) in [5, 5.41) is 20.7. The number of carbonyl (C=O) groups excluding carboxylic acids is 3. The fourth-order valence-corrected chi connectivity index (χ4v) is 3.08. The summed E-state index contributed by atoms with van der Waals surface area (Å²) in [5.74, 6) is -2.96. The Morgan fingerprint density at radius 1 is 1.04 bits per heavy atom. The number of carbonyl (C=O) groups is 3. The van der Waals surface area contributed by atoms with Crippen LogP contribution in [0.4, 0.5) is 0 Å². The fourth-order valence-electron chi connectivity index (χ4n) is 3.08. The molecule has 7 heteroatoms. The Balaban J connectivity index is 2.29. The molecule has 7 nitrogen and oxygen atoms in total. The first-order valence-corrected chi connectivity index (χ1v) is 7.85. The summed E-state index contributed by atoms with van der Waals surface area (Å²) >= 11 is 0. The molecule has 2 N–H and O–H groups in total. The number of phenols is 2. The van der Waals surface area contributed by atoms with E-state index < -0.39 is 29.0 Å². The summed E-state index contributed by atoms with van der Waals surface area (Å²) in [6, 6.07) is 3.91. The van der Waals surface area contributed by atoms with Crippen molar-refractivity contribution in [3.8, 4) is 17.2 Å². The summed E-state index contributed by atoms with van der Waals surface area (Å²) in [7, 11) is 1.37. The van der Waals surface area contributed by atoms with Crippen LogP contribution in [0.5, 0.6) is 17.2 Å². The number of phenolic OH excluding ortho intramolecular Hbond substituents is 2. The number of methoxy groups -OCH3 is 1. The number of rotatable bonds is 3. The monoisotopic (exact) mass is 356 g/mol. The maximum atomic E-state index is 12.9. The maximum absolute atomic E-state index is 12.9. The van der Waals surface area contributed by atoms with Gasteiger partial charge in [-0.2, -0.15) is 0 Å². The number of hydrogen-bond acceptors (Lipinski definition) is 7. The van der Waals surface area contributed by atoms with Gasteiger partial charge in [0, 0.05) is 17.2 Å². The van der Waals surface area contributed by atoms with Crippen LogP contribution in [0, 0.1) is 6.92 Å². The van der Waals surface area contributed by atoms with Gasteiger partial charge in [-0.3, -0.25) is 9.59 Å². The average Bonchev–Trinajstić information content (AvgIpc) is 2.58. The molecule has 0 saturated heterocycles. The highest BCUT2D eigenvalue weighted by Gasteiger charge is 2.37. The van der Waals surface area contributed by atoms with Crippen molar-refractivity contribution < 1.29 is 34.1 Å². The van der Waals surface area contributed by atoms with Gasteiger partial charge in [-0.05, 0) is 31.5 Å². The molecule has 0 amide bonds. The van der Waals surface area contributed by atoms with E-state index in [0.717, 1.165) is 0 Å². The lowest BCUT2D eigenvalue weighted by molar-refractivity contribution is 0.0521. The highest BCUT2D eigenvalue weighted by Crippen LogP contribution is 2.41. The standard InChI is InChI=1S/C19H16O7/c1-4-26-19(24)13-8(2)5-10-15(17(13)22)18(23)14-11(16(10)21)6-9(25-3)7-12(14)20/h5-7,20,22H,4H2,1-3H3. The third-order valence-electron chi connectivity index (χ3n) is 4.25. The molecule has 0 atom stereocenters. The van der Waals surface area contributed by atoms with Crippen LogP contribution in [0.15, 0.2) is 18.2 Å². The number of hydrogen-bond donors (Lipinski definition) is 2.